The number of fused-ring (bicyclic) bond motifs is 1. The van der Waals surface area contributed by atoms with Crippen LogP contribution in [-0.4, -0.2) is 46.8 Å². The first-order chi connectivity index (χ1) is 14.5. The smallest absolute Gasteiger partial charge is 0.342 e. The van der Waals surface area contributed by atoms with Crippen molar-refractivity contribution in [3.63, 3.8) is 0 Å². The largest absolute Gasteiger partial charge is 0.497 e. The maximum atomic E-state index is 12.5. The second-order valence-corrected chi connectivity index (χ2v) is 6.31. The molecular formula is C23H22O7. The van der Waals surface area contributed by atoms with Gasteiger partial charge in [0, 0.05) is 5.56 Å². The summed E-state index contributed by atoms with van der Waals surface area (Å²) in [5, 5.41) is 1.83. The van der Waals surface area contributed by atoms with Crippen LogP contribution in [0.1, 0.15) is 20.7 Å². The molecule has 0 unspecified atom stereocenters. The van der Waals surface area contributed by atoms with Crippen LogP contribution >= 0.6 is 0 Å². The highest BCUT2D eigenvalue weighted by molar-refractivity contribution is 6.02. The first-order valence-corrected chi connectivity index (χ1v) is 9.09. The normalized spacial score (nSPS) is 10.4. The van der Waals surface area contributed by atoms with Crippen molar-refractivity contribution in [1.29, 1.82) is 0 Å². The molecule has 0 aromatic heterocycles. The molecule has 0 aliphatic heterocycles. The van der Waals surface area contributed by atoms with Crippen LogP contribution in [0.25, 0.3) is 10.8 Å². The summed E-state index contributed by atoms with van der Waals surface area (Å²) in [4.78, 5) is 25.1. The third-order valence-electron chi connectivity index (χ3n) is 4.63. The topological polar surface area (TPSA) is 80.3 Å². The Hall–Kier alpha value is -3.74. The lowest BCUT2D eigenvalue weighted by atomic mass is 10.0. The van der Waals surface area contributed by atoms with Gasteiger partial charge in [0.05, 0.1) is 28.4 Å². The Balaban J connectivity index is 1.76. The van der Waals surface area contributed by atoms with E-state index in [-0.39, 0.29) is 22.8 Å². The fourth-order valence-electron chi connectivity index (χ4n) is 3.08. The van der Waals surface area contributed by atoms with E-state index in [1.807, 2.05) is 24.3 Å². The SMILES string of the molecule is COc1ccc2cc(C(=O)COC(=O)c3ccc(OC)c(OC)c3OC)ccc2c1. The lowest BCUT2D eigenvalue weighted by Crippen LogP contribution is -2.15. The quantitative estimate of drug-likeness (QED) is 0.411. The molecule has 3 rings (SSSR count). The van der Waals surface area contributed by atoms with Crippen molar-refractivity contribution in [2.24, 2.45) is 0 Å². The van der Waals surface area contributed by atoms with E-state index >= 15 is 0 Å². The zero-order chi connectivity index (χ0) is 21.7. The number of carbonyl (C=O) groups is 2. The molecule has 30 heavy (non-hydrogen) atoms. The zero-order valence-electron chi connectivity index (χ0n) is 17.2. The van der Waals surface area contributed by atoms with Gasteiger partial charge >= 0.3 is 5.97 Å². The third-order valence-corrected chi connectivity index (χ3v) is 4.63. The van der Waals surface area contributed by atoms with E-state index in [1.54, 1.807) is 25.3 Å². The average molecular weight is 410 g/mol. The Bertz CT molecular complexity index is 1090. The van der Waals surface area contributed by atoms with Crippen LogP contribution in [0.15, 0.2) is 48.5 Å². The first kappa shape index (κ1) is 21.0. The minimum Gasteiger partial charge on any atom is -0.497 e. The second kappa shape index (κ2) is 9.17. The second-order valence-electron chi connectivity index (χ2n) is 6.31. The Morgan fingerprint density at radius 1 is 0.733 bits per heavy atom. The van der Waals surface area contributed by atoms with Crippen LogP contribution in [0.3, 0.4) is 0 Å². The predicted molar refractivity (Wildman–Crippen MR) is 111 cm³/mol. The molecule has 0 atom stereocenters. The number of ether oxygens (including phenoxy) is 5. The molecule has 0 saturated carbocycles. The first-order valence-electron chi connectivity index (χ1n) is 9.09. The van der Waals surface area contributed by atoms with E-state index in [1.165, 1.54) is 27.4 Å². The minimum atomic E-state index is -0.702. The Morgan fingerprint density at radius 2 is 1.43 bits per heavy atom. The molecule has 156 valence electrons. The molecule has 0 saturated heterocycles. The van der Waals surface area contributed by atoms with Crippen molar-refractivity contribution in [3.05, 3.63) is 59.7 Å². The van der Waals surface area contributed by atoms with Gasteiger partial charge in [-0.05, 0) is 41.1 Å². The fraction of sp³-hybridized carbons (Fsp3) is 0.217. The minimum absolute atomic E-state index is 0.133. The molecule has 0 bridgehead atoms. The van der Waals surface area contributed by atoms with Crippen LogP contribution in [0.4, 0.5) is 0 Å². The van der Waals surface area contributed by atoms with E-state index < -0.39 is 12.6 Å². The number of hydrogen-bond donors (Lipinski definition) is 0. The number of benzene rings is 3. The highest BCUT2D eigenvalue weighted by Gasteiger charge is 2.22. The Kier molecular flexibility index (Phi) is 6.41. The third kappa shape index (κ3) is 4.15. The van der Waals surface area contributed by atoms with Gasteiger partial charge in [-0.1, -0.05) is 18.2 Å². The van der Waals surface area contributed by atoms with Gasteiger partial charge in [0.1, 0.15) is 11.3 Å². The molecule has 3 aromatic carbocycles. The van der Waals surface area contributed by atoms with Gasteiger partial charge in [-0.2, -0.15) is 0 Å². The molecule has 0 heterocycles. The van der Waals surface area contributed by atoms with E-state index in [0.717, 1.165) is 16.5 Å². The average Bonchev–Trinajstić information content (AvgIpc) is 2.80. The lowest BCUT2D eigenvalue weighted by Gasteiger charge is -2.15. The Morgan fingerprint density at radius 3 is 2.10 bits per heavy atom. The van der Waals surface area contributed by atoms with Gasteiger partial charge in [0.15, 0.2) is 23.9 Å². The summed E-state index contributed by atoms with van der Waals surface area (Å²) in [5.41, 5.74) is 0.577. The highest BCUT2D eigenvalue weighted by atomic mass is 16.5. The maximum absolute atomic E-state index is 12.5. The van der Waals surface area contributed by atoms with Gasteiger partial charge in [0.25, 0.3) is 0 Å². The summed E-state index contributed by atoms with van der Waals surface area (Å²) >= 11 is 0. The number of methoxy groups -OCH3 is 4. The summed E-state index contributed by atoms with van der Waals surface area (Å²) in [7, 11) is 5.92. The summed E-state index contributed by atoms with van der Waals surface area (Å²) < 4.78 is 26.2. The number of hydrogen-bond acceptors (Lipinski definition) is 7. The van der Waals surface area contributed by atoms with Crippen LogP contribution < -0.4 is 18.9 Å². The molecule has 0 spiro atoms. The zero-order valence-corrected chi connectivity index (χ0v) is 17.2. The van der Waals surface area contributed by atoms with Crippen molar-refractivity contribution in [1.82, 2.24) is 0 Å². The van der Waals surface area contributed by atoms with Crippen LogP contribution in [0.2, 0.25) is 0 Å². The lowest BCUT2D eigenvalue weighted by molar-refractivity contribution is 0.0471. The van der Waals surface area contributed by atoms with Gasteiger partial charge in [-0.3, -0.25) is 4.79 Å². The summed E-state index contributed by atoms with van der Waals surface area (Å²) in [6.07, 6.45) is 0. The van der Waals surface area contributed by atoms with Crippen molar-refractivity contribution in [2.45, 2.75) is 0 Å². The number of Topliss-reactive ketones (excluding diaryl/α,β-unsaturated/α-hetero) is 1. The summed E-state index contributed by atoms with van der Waals surface area (Å²) in [6, 6.07) is 13.9. The number of esters is 1. The molecule has 0 amide bonds. The van der Waals surface area contributed by atoms with Crippen LogP contribution in [-0.2, 0) is 4.74 Å². The number of ketones is 1. The van der Waals surface area contributed by atoms with Crippen molar-refractivity contribution in [3.8, 4) is 23.0 Å². The molecule has 0 aliphatic rings. The molecule has 7 heteroatoms. The predicted octanol–water partition coefficient (Wildman–Crippen LogP) is 3.91. The van der Waals surface area contributed by atoms with E-state index in [0.29, 0.717) is 11.3 Å². The van der Waals surface area contributed by atoms with E-state index in [9.17, 15) is 9.59 Å². The van der Waals surface area contributed by atoms with Gasteiger partial charge < -0.3 is 23.7 Å². The fourth-order valence-corrected chi connectivity index (χ4v) is 3.08. The molecule has 3 aromatic rings. The maximum Gasteiger partial charge on any atom is 0.342 e. The molecular weight excluding hydrogens is 388 g/mol. The summed E-state index contributed by atoms with van der Waals surface area (Å²) in [5.74, 6) is 0.570. The summed E-state index contributed by atoms with van der Waals surface area (Å²) in [6.45, 7) is -0.405. The molecule has 7 nitrogen and oxygen atoms in total. The molecule has 0 fully saturated rings. The number of rotatable bonds is 8. The molecule has 0 aliphatic carbocycles. The highest BCUT2D eigenvalue weighted by Crippen LogP contribution is 2.40. The van der Waals surface area contributed by atoms with Gasteiger partial charge in [-0.15, -0.1) is 0 Å². The monoisotopic (exact) mass is 410 g/mol. The van der Waals surface area contributed by atoms with Crippen LogP contribution in [0, 0.1) is 0 Å². The van der Waals surface area contributed by atoms with Crippen molar-refractivity contribution >= 4 is 22.5 Å². The van der Waals surface area contributed by atoms with Gasteiger partial charge in [-0.25, -0.2) is 4.79 Å². The van der Waals surface area contributed by atoms with E-state index in [4.69, 9.17) is 23.7 Å². The standard InChI is InChI=1S/C23H22O7/c1-26-17-8-7-14-11-16(6-5-15(14)12-17)19(24)13-30-23(25)18-9-10-20(27-2)22(29-4)21(18)28-3/h5-12H,13H2,1-4H3. The Labute approximate surface area is 174 Å². The van der Waals surface area contributed by atoms with Crippen molar-refractivity contribution in [2.75, 3.05) is 35.0 Å². The van der Waals surface area contributed by atoms with E-state index in [2.05, 4.69) is 0 Å². The number of carbonyl (C=O) groups excluding carboxylic acids is 2. The van der Waals surface area contributed by atoms with Gasteiger partial charge in [0.2, 0.25) is 5.75 Å². The van der Waals surface area contributed by atoms with Crippen LogP contribution in [0.5, 0.6) is 23.0 Å². The van der Waals surface area contributed by atoms with Crippen molar-refractivity contribution < 1.29 is 33.3 Å². The molecule has 0 N–H and O–H groups in total. The molecule has 0 radical (unpaired) electrons.